The number of ketones is 1. The summed E-state index contributed by atoms with van der Waals surface area (Å²) >= 11 is 1.85. The van der Waals surface area contributed by atoms with Crippen molar-refractivity contribution < 1.29 is 30.0 Å². The quantitative estimate of drug-likeness (QED) is 0.120. The minimum atomic E-state index is -0.125. The van der Waals surface area contributed by atoms with Crippen LogP contribution in [0.25, 0.3) is 42.3 Å². The molecule has 1 radical (unpaired) electrons. The Morgan fingerprint density at radius 1 is 1.00 bits per heavy atom. The zero-order valence-corrected chi connectivity index (χ0v) is 23.5. The van der Waals surface area contributed by atoms with Gasteiger partial charge in [0, 0.05) is 51.7 Å². The van der Waals surface area contributed by atoms with E-state index in [2.05, 4.69) is 74.5 Å². The van der Waals surface area contributed by atoms with Crippen molar-refractivity contribution in [3.05, 3.63) is 90.2 Å². The number of hydrogen-bond acceptors (Lipinski definition) is 4. The van der Waals surface area contributed by atoms with Crippen molar-refractivity contribution in [2.45, 2.75) is 34.1 Å². The summed E-state index contributed by atoms with van der Waals surface area (Å²) in [5.41, 5.74) is 4.53. The van der Waals surface area contributed by atoms with Gasteiger partial charge in [0.15, 0.2) is 5.78 Å². The molecule has 181 valence electrons. The average molecular weight is 659 g/mol. The van der Waals surface area contributed by atoms with E-state index >= 15 is 0 Å². The normalized spacial score (nSPS) is 11.4. The standard InChI is InChI=1S/C25H20NS.C5H8O2.Ir/c1-16(2)12-18-13-22(17-8-4-3-5-9-17)26-23-15-25-21(14-20(18)23)19-10-6-7-11-24(19)27-25;1-4(6)3-5(2)7;/h3-8,10-11,13-16H,12H2,1-2H3;3,6H,1-2H3;/q-1;;/b;4-3-;. The summed E-state index contributed by atoms with van der Waals surface area (Å²) in [5.74, 6) is 0.533. The Morgan fingerprint density at radius 3 is 2.37 bits per heavy atom. The van der Waals surface area contributed by atoms with Crippen LogP contribution in [-0.2, 0) is 31.3 Å². The second-order valence-electron chi connectivity index (χ2n) is 8.90. The molecule has 5 aromatic rings. The van der Waals surface area contributed by atoms with Crippen LogP contribution in [0.2, 0.25) is 0 Å². The molecule has 0 spiro atoms. The van der Waals surface area contributed by atoms with Crippen LogP contribution in [0.15, 0.2) is 78.6 Å². The Hall–Kier alpha value is -2.85. The predicted octanol–water partition coefficient (Wildman–Crippen LogP) is 8.30. The molecule has 3 nitrogen and oxygen atoms in total. The number of rotatable bonds is 4. The molecular weight excluding hydrogens is 631 g/mol. The van der Waals surface area contributed by atoms with Gasteiger partial charge in [-0.15, -0.1) is 47.2 Å². The zero-order valence-electron chi connectivity index (χ0n) is 20.3. The average Bonchev–Trinajstić information content (AvgIpc) is 3.15. The smallest absolute Gasteiger partial charge is 0.155 e. The minimum absolute atomic E-state index is 0. The van der Waals surface area contributed by atoms with Crippen LogP contribution >= 0.6 is 11.3 Å². The van der Waals surface area contributed by atoms with E-state index < -0.39 is 0 Å². The number of benzene rings is 3. The SMILES string of the molecule is CC(=O)/C=C(/C)O.CC(C)Cc1cc(-c2[c-]cccc2)nc2cc3sc4ccccc4c3cc12.[Ir]. The van der Waals surface area contributed by atoms with Crippen molar-refractivity contribution in [3.8, 4) is 11.3 Å². The first-order valence-corrected chi connectivity index (χ1v) is 12.2. The summed E-state index contributed by atoms with van der Waals surface area (Å²) in [4.78, 5) is 15.0. The molecule has 0 aliphatic carbocycles. The van der Waals surface area contributed by atoms with Gasteiger partial charge in [0.2, 0.25) is 0 Å². The minimum Gasteiger partial charge on any atom is -0.512 e. The number of thiophene rings is 1. The van der Waals surface area contributed by atoms with Crippen LogP contribution in [-0.4, -0.2) is 15.9 Å². The Bertz CT molecular complexity index is 1500. The number of fused-ring (bicyclic) bond motifs is 4. The largest absolute Gasteiger partial charge is 0.512 e. The molecule has 0 aliphatic heterocycles. The number of hydrogen-bond donors (Lipinski definition) is 1. The van der Waals surface area contributed by atoms with Crippen molar-refractivity contribution in [1.29, 1.82) is 0 Å². The maximum Gasteiger partial charge on any atom is 0.155 e. The molecule has 2 heterocycles. The fraction of sp³-hybridized carbons (Fsp3) is 0.200. The molecule has 3 aromatic carbocycles. The molecule has 0 bridgehead atoms. The third-order valence-corrected chi connectivity index (χ3v) is 6.55. The van der Waals surface area contributed by atoms with E-state index in [-0.39, 0.29) is 31.6 Å². The van der Waals surface area contributed by atoms with Gasteiger partial charge in [-0.05, 0) is 55.6 Å². The van der Waals surface area contributed by atoms with E-state index in [0.717, 1.165) is 23.2 Å². The van der Waals surface area contributed by atoms with E-state index in [9.17, 15) is 4.79 Å². The Labute approximate surface area is 223 Å². The summed E-state index contributed by atoms with van der Waals surface area (Å²) in [6.07, 6.45) is 2.21. The molecule has 35 heavy (non-hydrogen) atoms. The summed E-state index contributed by atoms with van der Waals surface area (Å²) in [7, 11) is 0. The molecule has 0 amide bonds. The van der Waals surface area contributed by atoms with Crippen LogP contribution in [0.5, 0.6) is 0 Å². The van der Waals surface area contributed by atoms with Gasteiger partial charge in [0.05, 0.1) is 11.3 Å². The predicted molar refractivity (Wildman–Crippen MR) is 145 cm³/mol. The number of aromatic nitrogens is 1. The topological polar surface area (TPSA) is 50.2 Å². The van der Waals surface area contributed by atoms with Crippen LogP contribution in [0.1, 0.15) is 33.3 Å². The molecule has 0 atom stereocenters. The monoisotopic (exact) mass is 659 g/mol. The molecule has 2 aromatic heterocycles. The van der Waals surface area contributed by atoms with Crippen molar-refractivity contribution >= 4 is 48.2 Å². The Morgan fingerprint density at radius 2 is 1.74 bits per heavy atom. The summed E-state index contributed by atoms with van der Waals surface area (Å²) < 4.78 is 2.64. The van der Waals surface area contributed by atoms with Crippen molar-refractivity contribution in [2.24, 2.45) is 5.92 Å². The maximum atomic E-state index is 10.0. The fourth-order valence-corrected chi connectivity index (χ4v) is 5.23. The summed E-state index contributed by atoms with van der Waals surface area (Å²) in [6, 6.07) is 27.0. The number of aliphatic hydroxyl groups is 1. The molecule has 0 unspecified atom stereocenters. The van der Waals surface area contributed by atoms with Crippen molar-refractivity contribution in [1.82, 2.24) is 4.98 Å². The first-order chi connectivity index (χ1) is 16.3. The van der Waals surface area contributed by atoms with Gasteiger partial charge >= 0.3 is 0 Å². The first kappa shape index (κ1) is 26.7. The summed E-state index contributed by atoms with van der Waals surface area (Å²) in [5, 5.41) is 12.3. The van der Waals surface area contributed by atoms with E-state index in [0.29, 0.717) is 5.92 Å². The first-order valence-electron chi connectivity index (χ1n) is 11.4. The molecular formula is C30H28IrNO2S-. The second kappa shape index (κ2) is 11.7. The third kappa shape index (κ3) is 6.43. The van der Waals surface area contributed by atoms with E-state index in [1.165, 1.54) is 51.0 Å². The fourth-order valence-electron chi connectivity index (χ4n) is 4.11. The van der Waals surface area contributed by atoms with Gasteiger partial charge in [-0.2, -0.15) is 0 Å². The zero-order chi connectivity index (χ0) is 24.2. The van der Waals surface area contributed by atoms with Crippen LogP contribution in [0.3, 0.4) is 0 Å². The molecule has 0 saturated carbocycles. The molecule has 0 saturated heterocycles. The van der Waals surface area contributed by atoms with Gasteiger partial charge in [0.25, 0.3) is 0 Å². The van der Waals surface area contributed by atoms with Gasteiger partial charge in [-0.3, -0.25) is 9.78 Å². The van der Waals surface area contributed by atoms with Crippen molar-refractivity contribution in [2.75, 3.05) is 0 Å². The molecule has 5 heteroatoms. The van der Waals surface area contributed by atoms with Gasteiger partial charge in [-0.1, -0.05) is 38.1 Å². The van der Waals surface area contributed by atoms with E-state index in [1.54, 1.807) is 0 Å². The molecule has 5 rings (SSSR count). The maximum absolute atomic E-state index is 10.0. The van der Waals surface area contributed by atoms with Crippen LogP contribution < -0.4 is 0 Å². The molecule has 0 aliphatic rings. The third-order valence-electron chi connectivity index (χ3n) is 5.42. The number of carbonyl (C=O) groups excluding carboxylic acids is 1. The number of pyridine rings is 1. The Balaban J connectivity index is 0.000000378. The van der Waals surface area contributed by atoms with Gasteiger partial charge in [0.1, 0.15) is 0 Å². The summed E-state index contributed by atoms with van der Waals surface area (Å²) in [6.45, 7) is 7.40. The molecule has 0 fully saturated rings. The van der Waals surface area contributed by atoms with E-state index in [1.807, 2.05) is 23.5 Å². The number of nitrogens with zero attached hydrogens (tertiary/aromatic N) is 1. The number of allylic oxidation sites excluding steroid dienone is 2. The Kier molecular flexibility index (Phi) is 8.96. The second-order valence-corrected chi connectivity index (χ2v) is 9.98. The van der Waals surface area contributed by atoms with Crippen LogP contribution in [0, 0.1) is 12.0 Å². The number of carbonyl (C=O) groups is 1. The van der Waals surface area contributed by atoms with E-state index in [4.69, 9.17) is 10.1 Å². The number of aliphatic hydroxyl groups excluding tert-OH is 1. The van der Waals surface area contributed by atoms with Gasteiger partial charge in [-0.25, -0.2) is 0 Å². The van der Waals surface area contributed by atoms with Crippen molar-refractivity contribution in [3.63, 3.8) is 0 Å². The van der Waals surface area contributed by atoms with Gasteiger partial charge < -0.3 is 5.11 Å². The molecule has 1 N–H and O–H groups in total. The van der Waals surface area contributed by atoms with Crippen LogP contribution in [0.4, 0.5) is 0 Å².